The maximum atomic E-state index is 5.65. The first kappa shape index (κ1) is 13.5. The van der Waals surface area contributed by atoms with Gasteiger partial charge in [0.1, 0.15) is 0 Å². The molecule has 100 valence electrons. The molecule has 0 bridgehead atoms. The summed E-state index contributed by atoms with van der Waals surface area (Å²) in [7, 11) is 0. The fourth-order valence-corrected chi connectivity index (χ4v) is 2.87. The molecule has 1 aromatic rings. The summed E-state index contributed by atoms with van der Waals surface area (Å²) in [5, 5.41) is 0. The maximum Gasteiger partial charge on any atom is 0.0547 e. The van der Waals surface area contributed by atoms with E-state index in [2.05, 4.69) is 28.9 Å². The van der Waals surface area contributed by atoms with Crippen molar-refractivity contribution in [3.8, 4) is 0 Å². The molecule has 2 N–H and O–H groups in total. The van der Waals surface area contributed by atoms with Crippen molar-refractivity contribution in [1.29, 1.82) is 0 Å². The molecule has 3 heteroatoms. The van der Waals surface area contributed by atoms with Gasteiger partial charge in [0.2, 0.25) is 0 Å². The van der Waals surface area contributed by atoms with Crippen molar-refractivity contribution in [2.75, 3.05) is 6.54 Å². The first-order valence-corrected chi connectivity index (χ1v) is 7.22. The number of nitrogens with two attached hydrogens (primary N) is 1. The predicted molar refractivity (Wildman–Crippen MR) is 75.1 cm³/mol. The predicted octanol–water partition coefficient (Wildman–Crippen LogP) is 2.69. The van der Waals surface area contributed by atoms with Crippen molar-refractivity contribution in [1.82, 2.24) is 9.88 Å². The SMILES string of the molecule is CCCC1CCCCN1Cc1cccc(CN)n1. The molecule has 0 aromatic carbocycles. The van der Waals surface area contributed by atoms with E-state index in [9.17, 15) is 0 Å². The lowest BCUT2D eigenvalue weighted by Gasteiger charge is -2.35. The third-order valence-electron chi connectivity index (χ3n) is 3.81. The molecule has 1 atom stereocenters. The van der Waals surface area contributed by atoms with E-state index in [-0.39, 0.29) is 0 Å². The number of aromatic nitrogens is 1. The highest BCUT2D eigenvalue weighted by Gasteiger charge is 2.21. The van der Waals surface area contributed by atoms with Crippen molar-refractivity contribution in [2.24, 2.45) is 5.73 Å². The topological polar surface area (TPSA) is 42.1 Å². The lowest BCUT2D eigenvalue weighted by atomic mass is 9.98. The zero-order valence-corrected chi connectivity index (χ0v) is 11.4. The van der Waals surface area contributed by atoms with Gasteiger partial charge in [-0.05, 0) is 37.9 Å². The minimum atomic E-state index is 0.534. The Bertz CT molecular complexity index is 363. The smallest absolute Gasteiger partial charge is 0.0547 e. The zero-order chi connectivity index (χ0) is 12.8. The van der Waals surface area contributed by atoms with Crippen molar-refractivity contribution in [2.45, 2.75) is 58.2 Å². The lowest BCUT2D eigenvalue weighted by molar-refractivity contribution is 0.130. The van der Waals surface area contributed by atoms with E-state index in [1.165, 1.54) is 44.3 Å². The third kappa shape index (κ3) is 3.53. The largest absolute Gasteiger partial charge is 0.325 e. The van der Waals surface area contributed by atoms with Crippen LogP contribution < -0.4 is 5.73 Å². The minimum Gasteiger partial charge on any atom is -0.325 e. The van der Waals surface area contributed by atoms with Crippen molar-refractivity contribution in [3.63, 3.8) is 0 Å². The summed E-state index contributed by atoms with van der Waals surface area (Å²) in [6, 6.07) is 6.95. The van der Waals surface area contributed by atoms with Crippen molar-refractivity contribution >= 4 is 0 Å². The summed E-state index contributed by atoms with van der Waals surface area (Å²) < 4.78 is 0. The van der Waals surface area contributed by atoms with Crippen LogP contribution in [0.4, 0.5) is 0 Å². The molecule has 1 saturated heterocycles. The molecule has 0 radical (unpaired) electrons. The molecule has 1 unspecified atom stereocenters. The van der Waals surface area contributed by atoms with Crippen LogP contribution >= 0.6 is 0 Å². The Labute approximate surface area is 110 Å². The first-order chi connectivity index (χ1) is 8.83. The molecule has 0 aliphatic carbocycles. The molecule has 0 amide bonds. The summed E-state index contributed by atoms with van der Waals surface area (Å²) in [4.78, 5) is 7.22. The second kappa shape index (κ2) is 6.86. The molecule has 2 rings (SSSR count). The number of rotatable bonds is 5. The molecule has 1 aromatic heterocycles. The third-order valence-corrected chi connectivity index (χ3v) is 3.81. The van der Waals surface area contributed by atoms with Gasteiger partial charge in [-0.15, -0.1) is 0 Å². The van der Waals surface area contributed by atoms with Gasteiger partial charge in [0.15, 0.2) is 0 Å². The highest BCUT2D eigenvalue weighted by atomic mass is 15.2. The molecule has 1 fully saturated rings. The number of nitrogens with zero attached hydrogens (tertiary/aromatic N) is 2. The van der Waals surface area contributed by atoms with E-state index in [0.29, 0.717) is 6.54 Å². The highest BCUT2D eigenvalue weighted by Crippen LogP contribution is 2.22. The molecule has 3 nitrogen and oxygen atoms in total. The lowest BCUT2D eigenvalue weighted by Crippen LogP contribution is -2.39. The van der Waals surface area contributed by atoms with Crippen molar-refractivity contribution < 1.29 is 0 Å². The number of piperidine rings is 1. The van der Waals surface area contributed by atoms with Gasteiger partial charge in [0, 0.05) is 19.1 Å². The van der Waals surface area contributed by atoms with E-state index in [4.69, 9.17) is 5.73 Å². The molecule has 1 aliphatic heterocycles. The van der Waals surface area contributed by atoms with E-state index in [0.717, 1.165) is 18.3 Å². The standard InChI is InChI=1S/C15H25N3/c1-2-6-15-9-3-4-10-18(15)12-14-8-5-7-13(11-16)17-14/h5,7-8,15H,2-4,6,9-12,16H2,1H3. The number of hydrogen-bond acceptors (Lipinski definition) is 3. The monoisotopic (exact) mass is 247 g/mol. The average molecular weight is 247 g/mol. The molecule has 0 saturated carbocycles. The number of likely N-dealkylation sites (tertiary alicyclic amines) is 1. The summed E-state index contributed by atoms with van der Waals surface area (Å²) in [5.74, 6) is 0. The number of pyridine rings is 1. The normalized spacial score (nSPS) is 21.1. The first-order valence-electron chi connectivity index (χ1n) is 7.22. The zero-order valence-electron chi connectivity index (χ0n) is 11.4. The molecular formula is C15H25N3. The fraction of sp³-hybridized carbons (Fsp3) is 0.667. The van der Waals surface area contributed by atoms with Crippen LogP contribution in [-0.2, 0) is 13.1 Å². The molecule has 0 spiro atoms. The van der Waals surface area contributed by atoms with Crippen LogP contribution in [0.3, 0.4) is 0 Å². The summed E-state index contributed by atoms with van der Waals surface area (Å²) >= 11 is 0. The van der Waals surface area contributed by atoms with Gasteiger partial charge < -0.3 is 5.73 Å². The van der Waals surface area contributed by atoms with Crippen LogP contribution in [0.5, 0.6) is 0 Å². The van der Waals surface area contributed by atoms with Gasteiger partial charge in [-0.2, -0.15) is 0 Å². The van der Waals surface area contributed by atoms with E-state index in [1.807, 2.05) is 6.07 Å². The van der Waals surface area contributed by atoms with Gasteiger partial charge in [-0.25, -0.2) is 0 Å². The quantitative estimate of drug-likeness (QED) is 0.870. The molecule has 2 heterocycles. The highest BCUT2D eigenvalue weighted by molar-refractivity contribution is 5.11. The van der Waals surface area contributed by atoms with Crippen molar-refractivity contribution in [3.05, 3.63) is 29.6 Å². The van der Waals surface area contributed by atoms with Crippen LogP contribution in [0.25, 0.3) is 0 Å². The fourth-order valence-electron chi connectivity index (χ4n) is 2.87. The van der Waals surface area contributed by atoms with Crippen LogP contribution in [0, 0.1) is 0 Å². The van der Waals surface area contributed by atoms with Gasteiger partial charge in [-0.3, -0.25) is 9.88 Å². The maximum absolute atomic E-state index is 5.65. The van der Waals surface area contributed by atoms with Crippen LogP contribution in [0.1, 0.15) is 50.4 Å². The van der Waals surface area contributed by atoms with Crippen LogP contribution in [-0.4, -0.2) is 22.5 Å². The van der Waals surface area contributed by atoms with Gasteiger partial charge in [0.25, 0.3) is 0 Å². The Morgan fingerprint density at radius 3 is 2.94 bits per heavy atom. The van der Waals surface area contributed by atoms with Gasteiger partial charge in [-0.1, -0.05) is 25.8 Å². The molecule has 1 aliphatic rings. The Balaban J connectivity index is 2.01. The Morgan fingerprint density at radius 2 is 2.17 bits per heavy atom. The molecule has 18 heavy (non-hydrogen) atoms. The van der Waals surface area contributed by atoms with Gasteiger partial charge >= 0.3 is 0 Å². The minimum absolute atomic E-state index is 0.534. The summed E-state index contributed by atoms with van der Waals surface area (Å²) in [6.45, 7) is 5.02. The Hall–Kier alpha value is -0.930. The van der Waals surface area contributed by atoms with Crippen LogP contribution in [0.2, 0.25) is 0 Å². The summed E-state index contributed by atoms with van der Waals surface area (Å²) in [5.41, 5.74) is 7.82. The molecular weight excluding hydrogens is 222 g/mol. The van der Waals surface area contributed by atoms with E-state index >= 15 is 0 Å². The number of hydrogen-bond donors (Lipinski definition) is 1. The van der Waals surface area contributed by atoms with Crippen LogP contribution in [0.15, 0.2) is 18.2 Å². The average Bonchev–Trinajstić information content (AvgIpc) is 2.41. The Kier molecular flexibility index (Phi) is 5.14. The van der Waals surface area contributed by atoms with E-state index in [1.54, 1.807) is 0 Å². The van der Waals surface area contributed by atoms with Gasteiger partial charge in [0.05, 0.1) is 11.4 Å². The Morgan fingerprint density at radius 1 is 1.33 bits per heavy atom. The second-order valence-electron chi connectivity index (χ2n) is 5.23. The second-order valence-corrected chi connectivity index (χ2v) is 5.23. The summed E-state index contributed by atoms with van der Waals surface area (Å²) in [6.07, 6.45) is 6.66. The van der Waals surface area contributed by atoms with E-state index < -0.39 is 0 Å².